The molecule has 2 saturated heterocycles. The van der Waals surface area contributed by atoms with Crippen molar-refractivity contribution in [1.82, 2.24) is 0 Å². The van der Waals surface area contributed by atoms with Gasteiger partial charge in [0.1, 0.15) is 17.9 Å². The van der Waals surface area contributed by atoms with Crippen LogP contribution >= 0.6 is 0 Å². The van der Waals surface area contributed by atoms with Crippen LogP contribution in [0.2, 0.25) is 18.1 Å². The van der Waals surface area contributed by atoms with Gasteiger partial charge in [0.15, 0.2) is 8.32 Å². The van der Waals surface area contributed by atoms with Gasteiger partial charge in [-0.25, -0.2) is 4.79 Å². The number of hydrogen-bond donors (Lipinski definition) is 0. The number of ether oxygens (including phenoxy) is 6. The molecule has 0 radical (unpaired) electrons. The number of fused-ring (bicyclic) bond motifs is 1. The van der Waals surface area contributed by atoms with E-state index in [4.69, 9.17) is 32.8 Å². The highest BCUT2D eigenvalue weighted by Gasteiger charge is 2.44. The van der Waals surface area contributed by atoms with Gasteiger partial charge in [0.2, 0.25) is 5.79 Å². The third-order valence-corrected chi connectivity index (χ3v) is 19.0. The summed E-state index contributed by atoms with van der Waals surface area (Å²) in [5, 5.41) is 0.0500. The van der Waals surface area contributed by atoms with Crippen molar-refractivity contribution in [2.75, 3.05) is 0 Å². The molecule has 0 aliphatic carbocycles. The molecular weight excluding hydrogens is 833 g/mol. The highest BCUT2D eigenvalue weighted by atomic mass is 28.4. The van der Waals surface area contributed by atoms with Crippen molar-refractivity contribution in [1.29, 1.82) is 0 Å². The van der Waals surface area contributed by atoms with Crippen LogP contribution < -0.4 is 4.74 Å². The minimum atomic E-state index is -2.17. The summed E-state index contributed by atoms with van der Waals surface area (Å²) >= 11 is 0. The third kappa shape index (κ3) is 14.5. The van der Waals surface area contributed by atoms with Crippen LogP contribution in [0.1, 0.15) is 159 Å². The van der Waals surface area contributed by atoms with Gasteiger partial charge in [0, 0.05) is 13.8 Å². The van der Waals surface area contributed by atoms with Gasteiger partial charge in [-0.15, -0.1) is 0 Å². The van der Waals surface area contributed by atoms with Gasteiger partial charge in [-0.05, 0) is 144 Å². The molecule has 3 aliphatic heterocycles. The Bertz CT molecular complexity index is 1960. The summed E-state index contributed by atoms with van der Waals surface area (Å²) in [6, 6.07) is 26.1. The molecule has 7 atom stereocenters. The molecule has 3 aliphatic rings. The molecule has 9 nitrogen and oxygen atoms in total. The molecular formula is C55H80O9Si. The lowest BCUT2D eigenvalue weighted by atomic mass is 9.81. The fourth-order valence-electron chi connectivity index (χ4n) is 9.39. The molecule has 0 spiro atoms. The molecule has 10 heteroatoms. The topological polar surface area (TPSA) is 98.8 Å². The smallest absolute Gasteiger partial charge is 0.345 e. The molecule has 0 aromatic heterocycles. The molecule has 65 heavy (non-hydrogen) atoms. The van der Waals surface area contributed by atoms with Crippen molar-refractivity contribution in [3.05, 3.63) is 101 Å². The van der Waals surface area contributed by atoms with Crippen LogP contribution in [0.3, 0.4) is 0 Å². The van der Waals surface area contributed by atoms with Crippen LogP contribution in [-0.4, -0.2) is 62.7 Å². The van der Waals surface area contributed by atoms with Gasteiger partial charge in [-0.3, -0.25) is 4.79 Å². The molecule has 0 bridgehead atoms. The number of cyclic esters (lactones) is 1. The maximum Gasteiger partial charge on any atom is 0.345 e. The highest BCUT2D eigenvalue weighted by molar-refractivity contribution is 6.74. The monoisotopic (exact) mass is 913 g/mol. The van der Waals surface area contributed by atoms with Gasteiger partial charge in [-0.2, -0.15) is 0 Å². The summed E-state index contributed by atoms with van der Waals surface area (Å²) in [4.78, 5) is 26.5. The lowest BCUT2D eigenvalue weighted by Crippen LogP contribution is -2.47. The van der Waals surface area contributed by atoms with Crippen molar-refractivity contribution >= 4 is 20.3 Å². The first-order valence-corrected chi connectivity index (χ1v) is 27.6. The Morgan fingerprint density at radius 3 is 2.09 bits per heavy atom. The van der Waals surface area contributed by atoms with Crippen LogP contribution in [0.15, 0.2) is 78.9 Å². The second-order valence-electron chi connectivity index (χ2n) is 21.7. The third-order valence-electron chi connectivity index (χ3n) is 14.5. The number of aryl methyl sites for hydroxylation is 1. The van der Waals surface area contributed by atoms with Crippen LogP contribution in [0.5, 0.6) is 5.75 Å². The van der Waals surface area contributed by atoms with Crippen LogP contribution in [-0.2, 0) is 52.5 Å². The summed E-state index contributed by atoms with van der Waals surface area (Å²) in [6.07, 6.45) is 12.1. The number of hydrogen-bond acceptors (Lipinski definition) is 9. The van der Waals surface area contributed by atoms with Crippen molar-refractivity contribution < 1.29 is 42.4 Å². The Kier molecular flexibility index (Phi) is 17.6. The van der Waals surface area contributed by atoms with E-state index in [1.807, 2.05) is 68.4 Å². The zero-order valence-electron chi connectivity index (χ0n) is 41.3. The fourth-order valence-corrected chi connectivity index (χ4v) is 10.8. The van der Waals surface area contributed by atoms with E-state index >= 15 is 0 Å². The second kappa shape index (κ2) is 22.5. The van der Waals surface area contributed by atoms with Gasteiger partial charge in [0.05, 0.1) is 48.6 Å². The Hall–Kier alpha value is -3.54. The average molecular weight is 913 g/mol. The quantitative estimate of drug-likeness (QED) is 0.0764. The molecule has 2 fully saturated rings. The number of carbonyl (C=O) groups is 2. The van der Waals surface area contributed by atoms with Gasteiger partial charge in [0.25, 0.3) is 0 Å². The van der Waals surface area contributed by atoms with Gasteiger partial charge in [-0.1, -0.05) is 100 Å². The standard InChI is InChI=1S/C55H80O9Si/c1-39(33-34-44-29-19-28-43(60-44)27-17-25-42-26-18-31-47-50(42)51(56)63-55(7,8)62-47)48(64-65(9,10)53(2,3)4)36-46(58-37-40-21-13-11-14-22-40)35-45-30-20-32-49(61-45)54(5,6)52(57)59-38-41-23-15-12-16-24-41/h11-16,18,21-24,26,31,39,43-46,48-49H,17,19-20,25,27-30,32-38H2,1-10H3/t39-,43-,44-,45-,46+,48+,49+/m0/s1. The van der Waals surface area contributed by atoms with E-state index in [-0.39, 0.29) is 66.1 Å². The van der Waals surface area contributed by atoms with Crippen molar-refractivity contribution in [3.63, 3.8) is 0 Å². The molecule has 0 N–H and O–H groups in total. The number of carbonyl (C=O) groups excluding carboxylic acids is 2. The maximum absolute atomic E-state index is 13.6. The number of rotatable bonds is 21. The molecule has 3 aromatic carbocycles. The minimum absolute atomic E-state index is 0.00195. The summed E-state index contributed by atoms with van der Waals surface area (Å²) in [5.74, 6) is -0.619. The van der Waals surface area contributed by atoms with Crippen LogP contribution in [0.4, 0.5) is 0 Å². The molecule has 358 valence electrons. The van der Waals surface area contributed by atoms with Crippen molar-refractivity contribution in [2.24, 2.45) is 11.3 Å². The Balaban J connectivity index is 1.09. The van der Waals surface area contributed by atoms with Crippen molar-refractivity contribution in [3.8, 4) is 5.75 Å². The Labute approximate surface area is 392 Å². The lowest BCUT2D eigenvalue weighted by Gasteiger charge is -2.43. The van der Waals surface area contributed by atoms with E-state index in [0.717, 1.165) is 100 Å². The molecule has 6 rings (SSSR count). The van der Waals surface area contributed by atoms with Gasteiger partial charge < -0.3 is 32.8 Å². The first kappa shape index (κ1) is 50.9. The van der Waals surface area contributed by atoms with Gasteiger partial charge >= 0.3 is 11.9 Å². The van der Waals surface area contributed by atoms with E-state index < -0.39 is 19.5 Å². The lowest BCUT2D eigenvalue weighted by molar-refractivity contribution is -0.175. The predicted octanol–water partition coefficient (Wildman–Crippen LogP) is 13.1. The summed E-state index contributed by atoms with van der Waals surface area (Å²) in [6.45, 7) is 22.2. The first-order valence-electron chi connectivity index (χ1n) is 24.7. The van der Waals surface area contributed by atoms with Crippen molar-refractivity contribution in [2.45, 2.75) is 213 Å². The summed E-state index contributed by atoms with van der Waals surface area (Å²) in [7, 11) is -2.17. The van der Waals surface area contributed by atoms with E-state index in [1.54, 1.807) is 13.8 Å². The number of esters is 2. The highest BCUT2D eigenvalue weighted by Crippen LogP contribution is 2.41. The molecule has 0 amide bonds. The summed E-state index contributed by atoms with van der Waals surface area (Å²) < 4.78 is 45.4. The zero-order valence-corrected chi connectivity index (χ0v) is 42.3. The molecule has 0 saturated carbocycles. The average Bonchev–Trinajstić information content (AvgIpc) is 3.26. The maximum atomic E-state index is 13.6. The summed E-state index contributed by atoms with van der Waals surface area (Å²) in [5.41, 5.74) is 2.86. The molecule has 0 unspecified atom stereocenters. The number of benzene rings is 3. The molecule has 3 heterocycles. The van der Waals surface area contributed by atoms with Crippen LogP contribution in [0.25, 0.3) is 0 Å². The SMILES string of the molecule is C[C@@H](CC[C@@H]1CCC[C@H](CCCc2cccc3c2C(=O)OC(C)(C)O3)O1)[C@@H](C[C@@H](C[C@@H]1CCC[C@H](C(C)(C)C(=O)OCc2ccccc2)O1)OCc1ccccc1)O[Si](C)(C)C(C)(C)C. The fraction of sp³-hybridized carbons (Fsp3) is 0.636. The first-order chi connectivity index (χ1) is 30.8. The van der Waals surface area contributed by atoms with Crippen LogP contribution in [0, 0.1) is 11.3 Å². The van der Waals surface area contributed by atoms with E-state index in [0.29, 0.717) is 17.9 Å². The zero-order chi connectivity index (χ0) is 46.8. The largest absolute Gasteiger partial charge is 0.460 e. The molecule has 3 aromatic rings. The predicted molar refractivity (Wildman–Crippen MR) is 259 cm³/mol. The Morgan fingerprint density at radius 2 is 1.42 bits per heavy atom. The second-order valence-corrected chi connectivity index (χ2v) is 26.5. The minimum Gasteiger partial charge on any atom is -0.460 e. The van der Waals surface area contributed by atoms with E-state index in [2.05, 4.69) is 65.1 Å². The van der Waals surface area contributed by atoms with E-state index in [9.17, 15) is 9.59 Å². The van der Waals surface area contributed by atoms with E-state index in [1.165, 1.54) is 0 Å². The Morgan fingerprint density at radius 1 is 0.785 bits per heavy atom. The normalized spacial score (nSPS) is 22.8.